The second kappa shape index (κ2) is 5.53. The van der Waals surface area contributed by atoms with E-state index in [4.69, 9.17) is 12.2 Å². The summed E-state index contributed by atoms with van der Waals surface area (Å²) in [6, 6.07) is 9.94. The largest absolute Gasteiger partial charge is 0.337 e. The van der Waals surface area contributed by atoms with Crippen LogP contribution in [0.5, 0.6) is 0 Å². The zero-order chi connectivity index (χ0) is 14.8. The summed E-state index contributed by atoms with van der Waals surface area (Å²) in [5, 5.41) is 7.19. The summed E-state index contributed by atoms with van der Waals surface area (Å²) in [7, 11) is 3.95. The first kappa shape index (κ1) is 13.6. The zero-order valence-electron chi connectivity index (χ0n) is 11.9. The smallest absolute Gasteiger partial charge is 0.230 e. The average Bonchev–Trinajstić information content (AvgIpc) is 3.06. The van der Waals surface area contributed by atoms with Gasteiger partial charge in [-0.05, 0) is 24.4 Å². The molecular weight excluding hydrogens is 284 g/mol. The molecule has 0 aliphatic carbocycles. The first-order chi connectivity index (χ1) is 10.2. The molecule has 108 valence electrons. The Morgan fingerprint density at radius 1 is 1.29 bits per heavy atom. The molecule has 0 aliphatic rings. The molecule has 3 rings (SSSR count). The van der Waals surface area contributed by atoms with Crippen LogP contribution in [-0.2, 0) is 13.6 Å². The Labute approximate surface area is 127 Å². The summed E-state index contributed by atoms with van der Waals surface area (Å²) in [4.78, 5) is 6.35. The van der Waals surface area contributed by atoms with Crippen molar-refractivity contribution in [3.05, 3.63) is 53.3 Å². The van der Waals surface area contributed by atoms with Gasteiger partial charge in [0.15, 0.2) is 0 Å². The summed E-state index contributed by atoms with van der Waals surface area (Å²) in [5.74, 6) is 1.72. The molecule has 0 fully saturated rings. The van der Waals surface area contributed by atoms with Gasteiger partial charge in [-0.1, -0.05) is 18.2 Å². The monoisotopic (exact) mass is 300 g/mol. The summed E-state index contributed by atoms with van der Waals surface area (Å²) in [5.41, 5.74) is 0.984. The first-order valence-corrected chi connectivity index (χ1v) is 6.98. The van der Waals surface area contributed by atoms with Gasteiger partial charge in [0.2, 0.25) is 10.7 Å². The number of imidazole rings is 1. The number of anilines is 1. The molecule has 2 heterocycles. The minimum atomic E-state index is 0.572. The van der Waals surface area contributed by atoms with E-state index < -0.39 is 0 Å². The van der Waals surface area contributed by atoms with E-state index in [9.17, 15) is 0 Å². The van der Waals surface area contributed by atoms with Crippen LogP contribution in [0.2, 0.25) is 0 Å². The van der Waals surface area contributed by atoms with Crippen molar-refractivity contribution in [3.63, 3.8) is 0 Å². The first-order valence-electron chi connectivity index (χ1n) is 6.57. The lowest BCUT2D eigenvalue weighted by atomic mass is 10.3. The second-order valence-electron chi connectivity index (χ2n) is 4.81. The van der Waals surface area contributed by atoms with Crippen LogP contribution in [0.15, 0.2) is 42.7 Å². The van der Waals surface area contributed by atoms with Gasteiger partial charge in [0.05, 0.1) is 12.2 Å². The molecule has 0 amide bonds. The number of H-pyrrole nitrogens is 1. The highest BCUT2D eigenvalue weighted by atomic mass is 32.1. The lowest BCUT2D eigenvalue weighted by molar-refractivity contribution is 0.740. The Morgan fingerprint density at radius 2 is 2.05 bits per heavy atom. The van der Waals surface area contributed by atoms with E-state index in [2.05, 4.69) is 15.2 Å². The maximum atomic E-state index is 5.35. The minimum Gasteiger partial charge on any atom is -0.337 e. The van der Waals surface area contributed by atoms with E-state index in [0.717, 1.165) is 17.5 Å². The van der Waals surface area contributed by atoms with E-state index >= 15 is 0 Å². The van der Waals surface area contributed by atoms with Gasteiger partial charge in [0.25, 0.3) is 0 Å². The molecule has 0 unspecified atom stereocenters. The number of benzene rings is 1. The number of hydrogen-bond acceptors (Lipinski definition) is 4. The van der Waals surface area contributed by atoms with Crippen LogP contribution in [-0.4, -0.2) is 31.4 Å². The molecule has 2 aromatic heterocycles. The number of aromatic nitrogens is 5. The van der Waals surface area contributed by atoms with Crippen molar-refractivity contribution in [3.8, 4) is 5.69 Å². The summed E-state index contributed by atoms with van der Waals surface area (Å²) < 4.78 is 4.48. The van der Waals surface area contributed by atoms with Gasteiger partial charge in [-0.15, -0.1) is 5.10 Å². The SMILES string of the molecule is CN(Cc1nccn1C)c1n[nH]c(=S)n1-c1ccccc1. The van der Waals surface area contributed by atoms with Gasteiger partial charge >= 0.3 is 0 Å². The highest BCUT2D eigenvalue weighted by Crippen LogP contribution is 2.18. The maximum Gasteiger partial charge on any atom is 0.230 e. The fraction of sp³-hybridized carbons (Fsp3) is 0.214. The number of hydrogen-bond donors (Lipinski definition) is 1. The maximum absolute atomic E-state index is 5.35. The van der Waals surface area contributed by atoms with Crippen molar-refractivity contribution < 1.29 is 0 Å². The van der Waals surface area contributed by atoms with Gasteiger partial charge in [0.1, 0.15) is 5.82 Å². The third kappa shape index (κ3) is 2.59. The number of aryl methyl sites for hydroxylation is 1. The molecule has 0 radical (unpaired) electrons. The standard InChI is InChI=1S/C14H16N6S/c1-18-9-8-15-12(18)10-19(2)13-16-17-14(21)20(13)11-6-4-3-5-7-11/h3-9H,10H2,1-2H3,(H,17,21). The third-order valence-corrected chi connectivity index (χ3v) is 3.58. The van der Waals surface area contributed by atoms with Gasteiger partial charge in [-0.3, -0.25) is 4.57 Å². The van der Waals surface area contributed by atoms with Crippen molar-refractivity contribution in [2.24, 2.45) is 7.05 Å². The van der Waals surface area contributed by atoms with Crippen LogP contribution in [0, 0.1) is 4.77 Å². The minimum absolute atomic E-state index is 0.572. The Hall–Kier alpha value is -2.41. The van der Waals surface area contributed by atoms with Gasteiger partial charge in [-0.2, -0.15) is 0 Å². The molecule has 7 heteroatoms. The molecule has 3 aromatic rings. The average molecular weight is 300 g/mol. The lowest BCUT2D eigenvalue weighted by Gasteiger charge is -2.18. The number of rotatable bonds is 4. The van der Waals surface area contributed by atoms with Crippen molar-refractivity contribution >= 4 is 18.2 Å². The van der Waals surface area contributed by atoms with Crippen LogP contribution < -0.4 is 4.90 Å². The molecule has 1 N–H and O–H groups in total. The topological polar surface area (TPSA) is 54.7 Å². The quantitative estimate of drug-likeness (QED) is 0.751. The highest BCUT2D eigenvalue weighted by Gasteiger charge is 2.14. The van der Waals surface area contributed by atoms with Crippen LogP contribution in [0.3, 0.4) is 0 Å². The van der Waals surface area contributed by atoms with E-state index in [0.29, 0.717) is 11.3 Å². The Morgan fingerprint density at radius 3 is 2.71 bits per heavy atom. The molecular formula is C14H16N6S. The molecule has 0 saturated carbocycles. The van der Waals surface area contributed by atoms with Gasteiger partial charge in [-0.25, -0.2) is 10.1 Å². The van der Waals surface area contributed by atoms with Crippen molar-refractivity contribution in [1.82, 2.24) is 24.3 Å². The number of para-hydroxylation sites is 1. The second-order valence-corrected chi connectivity index (χ2v) is 5.20. The van der Waals surface area contributed by atoms with Crippen LogP contribution in [0.25, 0.3) is 5.69 Å². The van der Waals surface area contributed by atoms with Crippen molar-refractivity contribution in [2.45, 2.75) is 6.54 Å². The third-order valence-electron chi connectivity index (χ3n) is 3.31. The predicted molar refractivity (Wildman–Crippen MR) is 84.1 cm³/mol. The molecule has 0 saturated heterocycles. The summed E-state index contributed by atoms with van der Waals surface area (Å²) >= 11 is 5.35. The Balaban J connectivity index is 1.96. The molecule has 21 heavy (non-hydrogen) atoms. The van der Waals surface area contributed by atoms with Crippen LogP contribution in [0.1, 0.15) is 5.82 Å². The molecule has 0 spiro atoms. The van der Waals surface area contributed by atoms with E-state index in [1.807, 2.05) is 64.7 Å². The van der Waals surface area contributed by atoms with Crippen molar-refractivity contribution in [2.75, 3.05) is 11.9 Å². The summed E-state index contributed by atoms with van der Waals surface area (Å²) in [6.07, 6.45) is 3.72. The van der Waals surface area contributed by atoms with E-state index in [1.165, 1.54) is 0 Å². The van der Waals surface area contributed by atoms with E-state index in [-0.39, 0.29) is 0 Å². The Kier molecular flexibility index (Phi) is 3.57. The summed E-state index contributed by atoms with van der Waals surface area (Å²) in [6.45, 7) is 0.649. The molecule has 1 aromatic carbocycles. The van der Waals surface area contributed by atoms with Gasteiger partial charge in [0, 0.05) is 26.5 Å². The predicted octanol–water partition coefficient (Wildman–Crippen LogP) is 2.30. The van der Waals surface area contributed by atoms with E-state index in [1.54, 1.807) is 6.20 Å². The highest BCUT2D eigenvalue weighted by molar-refractivity contribution is 7.71. The normalized spacial score (nSPS) is 10.8. The number of nitrogens with zero attached hydrogens (tertiary/aromatic N) is 5. The molecule has 0 aliphatic heterocycles. The van der Waals surface area contributed by atoms with Gasteiger partial charge < -0.3 is 9.47 Å². The number of aromatic amines is 1. The van der Waals surface area contributed by atoms with Crippen LogP contribution >= 0.6 is 12.2 Å². The molecule has 0 atom stereocenters. The zero-order valence-corrected chi connectivity index (χ0v) is 12.7. The Bertz CT molecular complexity index is 785. The molecule has 0 bridgehead atoms. The fourth-order valence-electron chi connectivity index (χ4n) is 2.19. The lowest BCUT2D eigenvalue weighted by Crippen LogP contribution is -2.22. The fourth-order valence-corrected chi connectivity index (χ4v) is 2.42. The van der Waals surface area contributed by atoms with Crippen molar-refractivity contribution in [1.29, 1.82) is 0 Å². The molecule has 6 nitrogen and oxygen atoms in total. The van der Waals surface area contributed by atoms with Crippen LogP contribution in [0.4, 0.5) is 5.95 Å². The number of nitrogens with one attached hydrogen (secondary N) is 1.